The van der Waals surface area contributed by atoms with Crippen molar-refractivity contribution in [2.45, 2.75) is 38.8 Å². The number of carbonyl (C=O) groups excluding carboxylic acids is 1. The number of piperidine rings is 1. The first-order valence-electron chi connectivity index (χ1n) is 10.7. The average molecular weight is 414 g/mol. The predicted molar refractivity (Wildman–Crippen MR) is 118 cm³/mol. The summed E-state index contributed by atoms with van der Waals surface area (Å²) in [5.41, 5.74) is 1.10. The minimum Gasteiger partial charge on any atom is -0.357 e. The standard InChI is InChI=1S/C22H31N5OS/c28-22(25-16-19-5-8-23-21(14-19)27-9-1-2-10-27)24-15-18-6-11-26(12-7-18)17-20-4-3-13-29-20/h3-5,8,13-14,18H,1-2,6-7,9-12,15-17H2,(H2,24,25,28). The Kier molecular flexibility index (Phi) is 7.00. The van der Waals surface area contributed by atoms with Gasteiger partial charge in [0.1, 0.15) is 5.82 Å². The summed E-state index contributed by atoms with van der Waals surface area (Å²) in [4.78, 5) is 23.0. The van der Waals surface area contributed by atoms with Crippen molar-refractivity contribution in [3.8, 4) is 0 Å². The van der Waals surface area contributed by atoms with Gasteiger partial charge in [0.2, 0.25) is 0 Å². The van der Waals surface area contributed by atoms with Crippen LogP contribution in [-0.4, -0.2) is 48.6 Å². The van der Waals surface area contributed by atoms with E-state index in [2.05, 4.69) is 49.0 Å². The molecule has 2 aliphatic heterocycles. The summed E-state index contributed by atoms with van der Waals surface area (Å²) in [6, 6.07) is 8.32. The van der Waals surface area contributed by atoms with Gasteiger partial charge in [-0.15, -0.1) is 11.3 Å². The minimum absolute atomic E-state index is 0.0782. The summed E-state index contributed by atoms with van der Waals surface area (Å²) < 4.78 is 0. The average Bonchev–Trinajstić information content (AvgIpc) is 3.46. The van der Waals surface area contributed by atoms with Crippen LogP contribution in [0.2, 0.25) is 0 Å². The van der Waals surface area contributed by atoms with Crippen molar-refractivity contribution in [2.75, 3.05) is 37.6 Å². The lowest BCUT2D eigenvalue weighted by Gasteiger charge is -2.31. The van der Waals surface area contributed by atoms with E-state index in [1.807, 2.05) is 23.6 Å². The number of amides is 2. The summed E-state index contributed by atoms with van der Waals surface area (Å²) in [5, 5.41) is 8.19. The Morgan fingerprint density at radius 1 is 1.14 bits per heavy atom. The smallest absolute Gasteiger partial charge is 0.315 e. The number of hydrogen-bond acceptors (Lipinski definition) is 5. The molecule has 156 valence electrons. The highest BCUT2D eigenvalue weighted by Crippen LogP contribution is 2.20. The molecule has 4 rings (SSSR count). The highest BCUT2D eigenvalue weighted by molar-refractivity contribution is 7.09. The lowest BCUT2D eigenvalue weighted by atomic mass is 9.97. The molecule has 2 aromatic heterocycles. The van der Waals surface area contributed by atoms with E-state index in [-0.39, 0.29) is 6.03 Å². The zero-order chi connectivity index (χ0) is 19.9. The Hall–Kier alpha value is -2.12. The maximum atomic E-state index is 12.2. The van der Waals surface area contributed by atoms with Crippen LogP contribution in [0.1, 0.15) is 36.1 Å². The minimum atomic E-state index is -0.0782. The number of nitrogens with one attached hydrogen (secondary N) is 2. The van der Waals surface area contributed by atoms with E-state index in [1.54, 1.807) is 0 Å². The molecule has 29 heavy (non-hydrogen) atoms. The van der Waals surface area contributed by atoms with Crippen LogP contribution < -0.4 is 15.5 Å². The van der Waals surface area contributed by atoms with Crippen LogP contribution in [0, 0.1) is 5.92 Å². The summed E-state index contributed by atoms with van der Waals surface area (Å²) in [5.74, 6) is 1.60. The Morgan fingerprint density at radius 2 is 1.97 bits per heavy atom. The number of aromatic nitrogens is 1. The van der Waals surface area contributed by atoms with E-state index in [0.29, 0.717) is 12.5 Å². The number of likely N-dealkylation sites (tertiary alicyclic amines) is 1. The lowest BCUT2D eigenvalue weighted by Crippen LogP contribution is -2.41. The Labute approximate surface area is 177 Å². The number of anilines is 1. The lowest BCUT2D eigenvalue weighted by molar-refractivity contribution is 0.176. The number of carbonyl (C=O) groups is 1. The summed E-state index contributed by atoms with van der Waals surface area (Å²) in [6.45, 7) is 6.74. The van der Waals surface area contributed by atoms with Gasteiger partial charge in [-0.1, -0.05) is 6.07 Å². The zero-order valence-corrected chi connectivity index (χ0v) is 17.8. The molecule has 0 aliphatic carbocycles. The first-order valence-corrected chi connectivity index (χ1v) is 11.6. The molecule has 2 fully saturated rings. The number of nitrogens with zero attached hydrogens (tertiary/aromatic N) is 3. The van der Waals surface area contributed by atoms with E-state index in [4.69, 9.17) is 0 Å². The maximum absolute atomic E-state index is 12.2. The predicted octanol–water partition coefficient (Wildman–Crippen LogP) is 3.45. The van der Waals surface area contributed by atoms with Gasteiger partial charge in [-0.3, -0.25) is 4.90 Å². The first-order chi connectivity index (χ1) is 14.3. The molecule has 2 aromatic rings. The molecule has 0 spiro atoms. The SMILES string of the molecule is O=C(NCc1ccnc(N2CCCC2)c1)NCC1CCN(Cc2cccs2)CC1. The number of rotatable bonds is 7. The van der Waals surface area contributed by atoms with Crippen molar-refractivity contribution in [2.24, 2.45) is 5.92 Å². The number of hydrogen-bond donors (Lipinski definition) is 2. The van der Waals surface area contributed by atoms with Gasteiger partial charge in [0, 0.05) is 43.8 Å². The maximum Gasteiger partial charge on any atom is 0.315 e. The molecule has 2 amide bonds. The molecule has 6 nitrogen and oxygen atoms in total. The van der Waals surface area contributed by atoms with Crippen molar-refractivity contribution in [1.29, 1.82) is 0 Å². The second-order valence-electron chi connectivity index (χ2n) is 8.08. The molecule has 0 unspecified atom stereocenters. The first kappa shape index (κ1) is 20.2. The summed E-state index contributed by atoms with van der Waals surface area (Å²) in [6.07, 6.45) is 6.61. The molecular formula is C22H31N5OS. The number of pyridine rings is 1. The second kappa shape index (κ2) is 10.1. The summed E-state index contributed by atoms with van der Waals surface area (Å²) >= 11 is 1.83. The van der Waals surface area contributed by atoms with E-state index in [9.17, 15) is 4.79 Å². The van der Waals surface area contributed by atoms with Gasteiger partial charge < -0.3 is 15.5 Å². The molecule has 2 aliphatic rings. The normalized spacial score (nSPS) is 18.1. The molecule has 0 radical (unpaired) electrons. The van der Waals surface area contributed by atoms with Crippen molar-refractivity contribution in [1.82, 2.24) is 20.5 Å². The molecule has 0 atom stereocenters. The fraction of sp³-hybridized carbons (Fsp3) is 0.545. The second-order valence-corrected chi connectivity index (χ2v) is 9.11. The topological polar surface area (TPSA) is 60.5 Å². The van der Waals surface area contributed by atoms with Gasteiger partial charge in [0.15, 0.2) is 0 Å². The van der Waals surface area contributed by atoms with Crippen LogP contribution in [0.25, 0.3) is 0 Å². The Balaban J connectivity index is 1.14. The number of thiophene rings is 1. The fourth-order valence-electron chi connectivity index (χ4n) is 4.14. The summed E-state index contributed by atoms with van der Waals surface area (Å²) in [7, 11) is 0. The van der Waals surface area contributed by atoms with E-state index >= 15 is 0 Å². The fourth-order valence-corrected chi connectivity index (χ4v) is 4.89. The van der Waals surface area contributed by atoms with Crippen molar-refractivity contribution < 1.29 is 4.79 Å². The molecule has 0 bridgehead atoms. The number of urea groups is 1. The zero-order valence-electron chi connectivity index (χ0n) is 17.0. The van der Waals surface area contributed by atoms with E-state index < -0.39 is 0 Å². The third kappa shape index (κ3) is 5.93. The van der Waals surface area contributed by atoms with Gasteiger partial charge in [0.05, 0.1) is 0 Å². The van der Waals surface area contributed by atoms with Gasteiger partial charge >= 0.3 is 6.03 Å². The Morgan fingerprint density at radius 3 is 2.72 bits per heavy atom. The molecule has 0 aromatic carbocycles. The van der Waals surface area contributed by atoms with Crippen molar-refractivity contribution >= 4 is 23.2 Å². The molecular weight excluding hydrogens is 382 g/mol. The van der Waals surface area contributed by atoms with E-state index in [1.165, 1.54) is 17.7 Å². The quantitative estimate of drug-likeness (QED) is 0.730. The molecule has 7 heteroatoms. The van der Waals surface area contributed by atoms with Gasteiger partial charge in [-0.05, 0) is 73.8 Å². The molecule has 2 N–H and O–H groups in total. The van der Waals surface area contributed by atoms with E-state index in [0.717, 1.165) is 63.5 Å². The third-order valence-electron chi connectivity index (χ3n) is 5.91. The van der Waals surface area contributed by atoms with Crippen LogP contribution in [-0.2, 0) is 13.1 Å². The van der Waals surface area contributed by atoms with Gasteiger partial charge in [-0.2, -0.15) is 0 Å². The van der Waals surface area contributed by atoms with Gasteiger partial charge in [0.25, 0.3) is 0 Å². The highest BCUT2D eigenvalue weighted by atomic mass is 32.1. The van der Waals surface area contributed by atoms with Gasteiger partial charge in [-0.25, -0.2) is 9.78 Å². The Bertz CT molecular complexity index is 767. The van der Waals surface area contributed by atoms with Crippen LogP contribution in [0.3, 0.4) is 0 Å². The van der Waals surface area contributed by atoms with Crippen LogP contribution in [0.15, 0.2) is 35.8 Å². The van der Waals surface area contributed by atoms with Crippen LogP contribution in [0.5, 0.6) is 0 Å². The molecule has 0 saturated carbocycles. The third-order valence-corrected chi connectivity index (χ3v) is 6.77. The molecule has 2 saturated heterocycles. The monoisotopic (exact) mass is 413 g/mol. The highest BCUT2D eigenvalue weighted by Gasteiger charge is 2.20. The molecule has 4 heterocycles. The largest absolute Gasteiger partial charge is 0.357 e. The van der Waals surface area contributed by atoms with Crippen molar-refractivity contribution in [3.63, 3.8) is 0 Å². The van der Waals surface area contributed by atoms with Crippen LogP contribution >= 0.6 is 11.3 Å². The van der Waals surface area contributed by atoms with Crippen LogP contribution in [0.4, 0.5) is 10.6 Å². The van der Waals surface area contributed by atoms with Crippen molar-refractivity contribution in [3.05, 3.63) is 46.3 Å².